The van der Waals surface area contributed by atoms with E-state index in [0.29, 0.717) is 17.7 Å². The van der Waals surface area contributed by atoms with Gasteiger partial charge in [-0.15, -0.1) is 11.3 Å². The lowest BCUT2D eigenvalue weighted by Gasteiger charge is -2.15. The Morgan fingerprint density at radius 2 is 1.67 bits per heavy atom. The number of rotatable bonds is 9. The molecular weight excluding hydrogens is 400 g/mol. The van der Waals surface area contributed by atoms with Crippen LogP contribution in [0.25, 0.3) is 21.6 Å². The smallest absolute Gasteiger partial charge is 0.305 e. The van der Waals surface area contributed by atoms with Crippen molar-refractivity contribution in [2.75, 3.05) is 21.3 Å². The minimum Gasteiger partial charge on any atom is -0.497 e. The van der Waals surface area contributed by atoms with E-state index in [2.05, 4.69) is 4.74 Å². The number of carbonyl (C=O) groups is 2. The topological polar surface area (TPSA) is 61.8 Å². The summed E-state index contributed by atoms with van der Waals surface area (Å²) in [5.41, 5.74) is 3.51. The number of Topliss-reactive ketones (excluding diaryl/α,β-unsaturated/α-hetero) is 1. The van der Waals surface area contributed by atoms with Crippen LogP contribution in [-0.4, -0.2) is 33.1 Å². The summed E-state index contributed by atoms with van der Waals surface area (Å²) >= 11 is 1.50. The highest BCUT2D eigenvalue weighted by atomic mass is 32.1. The molecule has 156 valence electrons. The molecule has 0 unspecified atom stereocenters. The maximum Gasteiger partial charge on any atom is 0.305 e. The Balaban J connectivity index is 1.99. The first-order valence-corrected chi connectivity index (χ1v) is 10.5. The molecule has 5 nitrogen and oxygen atoms in total. The quantitative estimate of drug-likeness (QED) is 0.329. The van der Waals surface area contributed by atoms with Crippen molar-refractivity contribution in [3.8, 4) is 33.1 Å². The predicted octanol–water partition coefficient (Wildman–Crippen LogP) is 5.63. The van der Waals surface area contributed by atoms with E-state index in [1.165, 1.54) is 18.4 Å². The average molecular weight is 425 g/mol. The van der Waals surface area contributed by atoms with E-state index >= 15 is 0 Å². The van der Waals surface area contributed by atoms with Gasteiger partial charge in [0.05, 0.1) is 21.3 Å². The van der Waals surface area contributed by atoms with Crippen LogP contribution < -0.4 is 9.47 Å². The van der Waals surface area contributed by atoms with Gasteiger partial charge in [0.1, 0.15) is 11.5 Å². The molecule has 0 N–H and O–H groups in total. The van der Waals surface area contributed by atoms with E-state index in [1.807, 2.05) is 53.9 Å². The highest BCUT2D eigenvalue weighted by molar-refractivity contribution is 7.14. The van der Waals surface area contributed by atoms with Crippen LogP contribution >= 0.6 is 11.3 Å². The highest BCUT2D eigenvalue weighted by Crippen LogP contribution is 2.43. The number of benzene rings is 2. The minimum absolute atomic E-state index is 0.00161. The summed E-state index contributed by atoms with van der Waals surface area (Å²) in [6.45, 7) is 0. The lowest BCUT2D eigenvalue weighted by atomic mass is 9.94. The van der Waals surface area contributed by atoms with Crippen molar-refractivity contribution >= 4 is 23.1 Å². The Morgan fingerprint density at radius 1 is 0.900 bits per heavy atom. The third-order valence-electron chi connectivity index (χ3n) is 4.85. The summed E-state index contributed by atoms with van der Waals surface area (Å²) in [6.07, 6.45) is 0.970. The summed E-state index contributed by atoms with van der Waals surface area (Å²) in [5, 5.41) is 1.91. The van der Waals surface area contributed by atoms with Gasteiger partial charge in [0.15, 0.2) is 5.78 Å². The molecule has 0 aliphatic rings. The van der Waals surface area contributed by atoms with E-state index in [9.17, 15) is 9.59 Å². The lowest BCUT2D eigenvalue weighted by Crippen LogP contribution is -2.04. The summed E-state index contributed by atoms with van der Waals surface area (Å²) in [6, 6.07) is 15.5. The van der Waals surface area contributed by atoms with Crippen molar-refractivity contribution in [3.05, 3.63) is 59.5 Å². The molecule has 0 bridgehead atoms. The summed E-state index contributed by atoms with van der Waals surface area (Å²) < 4.78 is 15.6. The molecule has 0 atom stereocenters. The fourth-order valence-corrected chi connectivity index (χ4v) is 4.28. The Bertz CT molecular complexity index is 1020. The molecule has 1 heterocycles. The normalized spacial score (nSPS) is 10.5. The second kappa shape index (κ2) is 10.1. The fourth-order valence-electron chi connectivity index (χ4n) is 3.30. The molecule has 0 fully saturated rings. The van der Waals surface area contributed by atoms with Gasteiger partial charge in [-0.3, -0.25) is 9.59 Å². The number of ketones is 1. The van der Waals surface area contributed by atoms with Gasteiger partial charge in [-0.2, -0.15) is 0 Å². The molecular formula is C24H24O5S. The second-order valence-corrected chi connectivity index (χ2v) is 7.54. The van der Waals surface area contributed by atoms with Gasteiger partial charge in [0.2, 0.25) is 0 Å². The molecule has 0 saturated carbocycles. The van der Waals surface area contributed by atoms with Gasteiger partial charge >= 0.3 is 5.97 Å². The zero-order valence-corrected chi connectivity index (χ0v) is 18.1. The Labute approximate surface area is 180 Å². The molecule has 1 aromatic heterocycles. The first-order valence-electron chi connectivity index (χ1n) is 9.58. The molecule has 3 aromatic rings. The van der Waals surface area contributed by atoms with Crippen LogP contribution in [0.3, 0.4) is 0 Å². The number of methoxy groups -OCH3 is 3. The van der Waals surface area contributed by atoms with E-state index in [4.69, 9.17) is 9.47 Å². The molecule has 6 heteroatoms. The first-order chi connectivity index (χ1) is 14.6. The van der Waals surface area contributed by atoms with Crippen LogP contribution in [0.15, 0.2) is 53.9 Å². The molecule has 0 amide bonds. The van der Waals surface area contributed by atoms with Crippen molar-refractivity contribution in [1.29, 1.82) is 0 Å². The third kappa shape index (κ3) is 4.71. The molecule has 0 radical (unpaired) electrons. The van der Waals surface area contributed by atoms with Gasteiger partial charge in [-0.05, 0) is 47.2 Å². The molecule has 2 aromatic carbocycles. The number of ether oxygens (including phenoxy) is 3. The molecule has 3 rings (SSSR count). The number of esters is 1. The lowest BCUT2D eigenvalue weighted by molar-refractivity contribution is -0.140. The van der Waals surface area contributed by atoms with Gasteiger partial charge in [0, 0.05) is 28.8 Å². The van der Waals surface area contributed by atoms with Crippen molar-refractivity contribution in [1.82, 2.24) is 0 Å². The number of carbonyl (C=O) groups excluding carboxylic acids is 2. The maximum absolute atomic E-state index is 12.9. The van der Waals surface area contributed by atoms with E-state index in [-0.39, 0.29) is 24.6 Å². The van der Waals surface area contributed by atoms with Crippen LogP contribution in [0.2, 0.25) is 0 Å². The highest BCUT2D eigenvalue weighted by Gasteiger charge is 2.21. The second-order valence-electron chi connectivity index (χ2n) is 6.63. The summed E-state index contributed by atoms with van der Waals surface area (Å²) in [7, 11) is 4.61. The maximum atomic E-state index is 12.9. The zero-order valence-electron chi connectivity index (χ0n) is 17.3. The van der Waals surface area contributed by atoms with Crippen LogP contribution in [0.1, 0.15) is 29.6 Å². The van der Waals surface area contributed by atoms with Crippen molar-refractivity contribution in [3.63, 3.8) is 0 Å². The molecule has 30 heavy (non-hydrogen) atoms. The largest absolute Gasteiger partial charge is 0.497 e. The monoisotopic (exact) mass is 424 g/mol. The van der Waals surface area contributed by atoms with Crippen LogP contribution in [0.5, 0.6) is 11.5 Å². The standard InChI is InChI=1S/C24H24O5S/c1-27-17-12-10-16(11-13-17)18-6-4-8-21(28-2)23(18)24-19(14-15-30-24)20(25)7-5-9-22(26)29-3/h4,6,8,10-15H,5,7,9H2,1-3H3. The van der Waals surface area contributed by atoms with E-state index in [1.54, 1.807) is 14.2 Å². The third-order valence-corrected chi connectivity index (χ3v) is 5.78. The average Bonchev–Trinajstić information content (AvgIpc) is 3.28. The predicted molar refractivity (Wildman–Crippen MR) is 118 cm³/mol. The van der Waals surface area contributed by atoms with Gasteiger partial charge in [-0.1, -0.05) is 24.3 Å². The van der Waals surface area contributed by atoms with Crippen LogP contribution in [0, 0.1) is 0 Å². The first kappa shape index (κ1) is 21.6. The molecule has 0 saturated heterocycles. The van der Waals surface area contributed by atoms with Gasteiger partial charge in [-0.25, -0.2) is 0 Å². The van der Waals surface area contributed by atoms with Crippen LogP contribution in [-0.2, 0) is 9.53 Å². The SMILES string of the molecule is COC(=O)CCCC(=O)c1ccsc1-c1c(OC)cccc1-c1ccc(OC)cc1. The molecule has 0 spiro atoms. The zero-order chi connectivity index (χ0) is 21.5. The number of thiophene rings is 1. The van der Waals surface area contributed by atoms with Crippen LogP contribution in [0.4, 0.5) is 0 Å². The van der Waals surface area contributed by atoms with Gasteiger partial charge < -0.3 is 14.2 Å². The fraction of sp³-hybridized carbons (Fsp3) is 0.250. The van der Waals surface area contributed by atoms with Crippen molar-refractivity contribution in [2.45, 2.75) is 19.3 Å². The van der Waals surface area contributed by atoms with Gasteiger partial charge in [0.25, 0.3) is 0 Å². The molecule has 0 aliphatic heterocycles. The number of hydrogen-bond donors (Lipinski definition) is 0. The number of hydrogen-bond acceptors (Lipinski definition) is 6. The minimum atomic E-state index is -0.306. The molecule has 0 aliphatic carbocycles. The summed E-state index contributed by atoms with van der Waals surface area (Å²) in [4.78, 5) is 25.1. The van der Waals surface area contributed by atoms with Crippen molar-refractivity contribution in [2.24, 2.45) is 0 Å². The van der Waals surface area contributed by atoms with Crippen molar-refractivity contribution < 1.29 is 23.8 Å². The van der Waals surface area contributed by atoms with E-state index < -0.39 is 0 Å². The van der Waals surface area contributed by atoms with E-state index in [0.717, 1.165) is 27.3 Å². The Hall–Kier alpha value is -3.12. The Kier molecular flexibility index (Phi) is 7.25. The summed E-state index contributed by atoms with van der Waals surface area (Å²) in [5.74, 6) is 1.18. The Morgan fingerprint density at radius 3 is 2.33 bits per heavy atom.